The molecule has 0 aliphatic heterocycles. The highest BCUT2D eigenvalue weighted by Crippen LogP contribution is 2.34. The summed E-state index contributed by atoms with van der Waals surface area (Å²) >= 11 is 0. The van der Waals surface area contributed by atoms with E-state index in [-0.39, 0.29) is 11.7 Å². The van der Waals surface area contributed by atoms with Gasteiger partial charge in [-0.15, -0.1) is 0 Å². The maximum Gasteiger partial charge on any atom is 0.151 e. The molecule has 0 amide bonds. The summed E-state index contributed by atoms with van der Waals surface area (Å²) in [5, 5.41) is 4.67. The molecule has 1 aliphatic carbocycles. The van der Waals surface area contributed by atoms with Crippen molar-refractivity contribution in [3.63, 3.8) is 0 Å². The maximum absolute atomic E-state index is 14.3. The zero-order valence-corrected chi connectivity index (χ0v) is 13.8. The summed E-state index contributed by atoms with van der Waals surface area (Å²) in [4.78, 5) is 0. The number of rotatable bonds is 3. The Bertz CT molecular complexity index is 903. The van der Waals surface area contributed by atoms with Crippen molar-refractivity contribution in [3.8, 4) is 5.69 Å². The molecule has 0 saturated heterocycles. The van der Waals surface area contributed by atoms with Crippen molar-refractivity contribution in [2.24, 2.45) is 5.73 Å². The van der Waals surface area contributed by atoms with Crippen molar-refractivity contribution in [1.82, 2.24) is 9.78 Å². The average Bonchev–Trinajstić information content (AvgIpc) is 2.95. The molecule has 25 heavy (non-hydrogen) atoms. The first-order valence-electron chi connectivity index (χ1n) is 8.49. The molecule has 2 N–H and O–H groups in total. The zero-order chi connectivity index (χ0) is 17.4. The molecule has 3 nitrogen and oxygen atoms in total. The summed E-state index contributed by atoms with van der Waals surface area (Å²) in [6, 6.07) is 13.5. The molecule has 1 atom stereocenters. The monoisotopic (exact) mass is 339 g/mol. The average molecular weight is 339 g/mol. The van der Waals surface area contributed by atoms with Gasteiger partial charge in [-0.2, -0.15) is 5.10 Å². The van der Waals surface area contributed by atoms with Crippen LogP contribution in [0.2, 0.25) is 0 Å². The van der Waals surface area contributed by atoms with E-state index in [0.717, 1.165) is 47.8 Å². The molecule has 1 aromatic heterocycles. The molecule has 1 heterocycles. The Morgan fingerprint density at radius 1 is 1.12 bits per heavy atom. The van der Waals surface area contributed by atoms with E-state index in [9.17, 15) is 8.78 Å². The molecule has 1 unspecified atom stereocenters. The van der Waals surface area contributed by atoms with Crippen LogP contribution in [0, 0.1) is 11.6 Å². The number of hydrogen-bond donors (Lipinski definition) is 1. The third-order valence-electron chi connectivity index (χ3n) is 4.75. The number of hydrogen-bond acceptors (Lipinski definition) is 2. The lowest BCUT2D eigenvalue weighted by atomic mass is 9.90. The Morgan fingerprint density at radius 2 is 1.92 bits per heavy atom. The highest BCUT2D eigenvalue weighted by atomic mass is 19.1. The van der Waals surface area contributed by atoms with Crippen molar-refractivity contribution >= 4 is 0 Å². The van der Waals surface area contributed by atoms with Gasteiger partial charge in [0.15, 0.2) is 5.82 Å². The maximum atomic E-state index is 14.3. The van der Waals surface area contributed by atoms with Crippen LogP contribution in [0.25, 0.3) is 5.69 Å². The SMILES string of the molecule is NC1CCCc2c1c(Cc1ccccc1)nn2-c1ccc(F)cc1F. The Hall–Kier alpha value is -2.53. The van der Waals surface area contributed by atoms with Gasteiger partial charge >= 0.3 is 0 Å². The van der Waals surface area contributed by atoms with Crippen LogP contribution in [-0.2, 0) is 12.8 Å². The number of halogens is 2. The van der Waals surface area contributed by atoms with E-state index in [1.165, 1.54) is 12.1 Å². The third kappa shape index (κ3) is 2.96. The van der Waals surface area contributed by atoms with E-state index < -0.39 is 11.6 Å². The first kappa shape index (κ1) is 16.0. The minimum Gasteiger partial charge on any atom is -0.324 e. The van der Waals surface area contributed by atoms with Gasteiger partial charge in [-0.25, -0.2) is 13.5 Å². The van der Waals surface area contributed by atoms with Gasteiger partial charge in [0.25, 0.3) is 0 Å². The Balaban J connectivity index is 1.84. The molecular formula is C20H19F2N3. The molecule has 0 saturated carbocycles. The molecule has 128 valence electrons. The van der Waals surface area contributed by atoms with E-state index in [4.69, 9.17) is 5.73 Å². The highest BCUT2D eigenvalue weighted by molar-refractivity contribution is 5.42. The first-order valence-corrected chi connectivity index (χ1v) is 8.49. The Kier molecular flexibility index (Phi) is 4.09. The largest absolute Gasteiger partial charge is 0.324 e. The molecule has 0 radical (unpaired) electrons. The fourth-order valence-electron chi connectivity index (χ4n) is 3.59. The minimum absolute atomic E-state index is 0.0975. The molecule has 2 aromatic carbocycles. The number of benzene rings is 2. The van der Waals surface area contributed by atoms with Gasteiger partial charge in [0.2, 0.25) is 0 Å². The molecule has 4 rings (SSSR count). The van der Waals surface area contributed by atoms with Crippen molar-refractivity contribution in [2.45, 2.75) is 31.7 Å². The Morgan fingerprint density at radius 3 is 2.68 bits per heavy atom. The fourth-order valence-corrected chi connectivity index (χ4v) is 3.59. The predicted octanol–water partition coefficient (Wildman–Crippen LogP) is 4.08. The molecule has 0 bridgehead atoms. The first-order chi connectivity index (χ1) is 12.1. The number of fused-ring (bicyclic) bond motifs is 1. The van der Waals surface area contributed by atoms with E-state index >= 15 is 0 Å². The van der Waals surface area contributed by atoms with Crippen molar-refractivity contribution in [3.05, 3.63) is 82.7 Å². The van der Waals surface area contributed by atoms with E-state index in [2.05, 4.69) is 5.10 Å². The van der Waals surface area contributed by atoms with Crippen LogP contribution < -0.4 is 5.73 Å². The zero-order valence-electron chi connectivity index (χ0n) is 13.8. The van der Waals surface area contributed by atoms with Gasteiger partial charge in [0.05, 0.1) is 5.69 Å². The van der Waals surface area contributed by atoms with E-state index in [1.54, 1.807) is 4.68 Å². The van der Waals surface area contributed by atoms with Gasteiger partial charge in [-0.3, -0.25) is 0 Å². The quantitative estimate of drug-likeness (QED) is 0.781. The lowest BCUT2D eigenvalue weighted by molar-refractivity contribution is 0.546. The summed E-state index contributed by atoms with van der Waals surface area (Å²) in [5.41, 5.74) is 10.6. The second-order valence-electron chi connectivity index (χ2n) is 6.48. The van der Waals surface area contributed by atoms with Gasteiger partial charge in [-0.1, -0.05) is 30.3 Å². The second kappa shape index (κ2) is 6.41. The van der Waals surface area contributed by atoms with Crippen molar-refractivity contribution < 1.29 is 8.78 Å². The minimum atomic E-state index is -0.615. The van der Waals surface area contributed by atoms with Gasteiger partial charge < -0.3 is 5.73 Å². The topological polar surface area (TPSA) is 43.8 Å². The van der Waals surface area contributed by atoms with Crippen LogP contribution >= 0.6 is 0 Å². The molecule has 3 aromatic rings. The van der Waals surface area contributed by atoms with Crippen LogP contribution in [0.15, 0.2) is 48.5 Å². The van der Waals surface area contributed by atoms with Crippen LogP contribution in [0.4, 0.5) is 8.78 Å². The third-order valence-corrected chi connectivity index (χ3v) is 4.75. The molecule has 1 aliphatic rings. The molecule has 0 fully saturated rings. The molecule has 0 spiro atoms. The normalized spacial score (nSPS) is 16.7. The van der Waals surface area contributed by atoms with Crippen LogP contribution in [0.3, 0.4) is 0 Å². The highest BCUT2D eigenvalue weighted by Gasteiger charge is 2.27. The number of nitrogens with two attached hydrogens (primary N) is 1. The standard InChI is InChI=1S/C20H19F2N3/c21-14-9-10-18(15(22)12-14)25-19-8-4-7-16(23)20(19)17(24-25)11-13-5-2-1-3-6-13/h1-3,5-6,9-10,12,16H,4,7-8,11,23H2. The Labute approximate surface area is 145 Å². The molecular weight excluding hydrogens is 320 g/mol. The van der Waals surface area contributed by atoms with Crippen molar-refractivity contribution in [2.75, 3.05) is 0 Å². The van der Waals surface area contributed by atoms with Crippen LogP contribution in [0.5, 0.6) is 0 Å². The second-order valence-corrected chi connectivity index (χ2v) is 6.48. The lowest BCUT2D eigenvalue weighted by Crippen LogP contribution is -2.19. The molecule has 5 heteroatoms. The summed E-state index contributed by atoms with van der Waals surface area (Å²) in [5.74, 6) is -1.21. The van der Waals surface area contributed by atoms with E-state index in [1.807, 2.05) is 30.3 Å². The van der Waals surface area contributed by atoms with Gasteiger partial charge in [0.1, 0.15) is 11.5 Å². The van der Waals surface area contributed by atoms with Gasteiger partial charge in [0, 0.05) is 29.8 Å². The smallest absolute Gasteiger partial charge is 0.151 e. The van der Waals surface area contributed by atoms with Gasteiger partial charge in [-0.05, 0) is 37.0 Å². The summed E-state index contributed by atoms with van der Waals surface area (Å²) in [6.45, 7) is 0. The van der Waals surface area contributed by atoms with Crippen molar-refractivity contribution in [1.29, 1.82) is 0 Å². The van der Waals surface area contributed by atoms with Crippen LogP contribution in [0.1, 0.15) is 41.4 Å². The predicted molar refractivity (Wildman–Crippen MR) is 92.6 cm³/mol. The van der Waals surface area contributed by atoms with E-state index in [0.29, 0.717) is 6.42 Å². The summed E-state index contributed by atoms with van der Waals surface area (Å²) < 4.78 is 29.2. The summed E-state index contributed by atoms with van der Waals surface area (Å²) in [6.07, 6.45) is 3.27. The lowest BCUT2D eigenvalue weighted by Gasteiger charge is -2.20. The number of aromatic nitrogens is 2. The fraction of sp³-hybridized carbons (Fsp3) is 0.250. The summed E-state index contributed by atoms with van der Waals surface area (Å²) in [7, 11) is 0. The van der Waals surface area contributed by atoms with Crippen LogP contribution in [-0.4, -0.2) is 9.78 Å². The number of nitrogens with zero attached hydrogens (tertiary/aromatic N) is 2.